The number of hydrazine groups is 1. The summed E-state index contributed by atoms with van der Waals surface area (Å²) in [6.45, 7) is 4.04. The van der Waals surface area contributed by atoms with Gasteiger partial charge in [0.1, 0.15) is 12.1 Å². The maximum Gasteiger partial charge on any atom is 0.227 e. The predicted octanol–water partition coefficient (Wildman–Crippen LogP) is 3.33. The number of ether oxygens (including phenoxy) is 1. The van der Waals surface area contributed by atoms with E-state index in [0.29, 0.717) is 22.5 Å². The van der Waals surface area contributed by atoms with Crippen LogP contribution < -0.4 is 16.0 Å². The van der Waals surface area contributed by atoms with Gasteiger partial charge in [0.15, 0.2) is 5.82 Å². The predicted molar refractivity (Wildman–Crippen MR) is 75.5 cm³/mol. The summed E-state index contributed by atoms with van der Waals surface area (Å²) < 4.78 is 5.76. The van der Waals surface area contributed by atoms with Gasteiger partial charge in [0, 0.05) is 5.02 Å². The van der Waals surface area contributed by atoms with Crippen LogP contribution in [0, 0.1) is 0 Å². The van der Waals surface area contributed by atoms with Crippen LogP contribution in [-0.2, 0) is 0 Å². The first-order chi connectivity index (χ1) is 9.11. The molecule has 3 N–H and O–H groups in total. The lowest BCUT2D eigenvalue weighted by Gasteiger charge is -2.15. The van der Waals surface area contributed by atoms with E-state index in [1.807, 2.05) is 26.0 Å². The van der Waals surface area contributed by atoms with Gasteiger partial charge >= 0.3 is 0 Å². The Morgan fingerprint density at radius 3 is 2.74 bits per heavy atom. The molecule has 0 unspecified atom stereocenters. The first kappa shape index (κ1) is 13.6. The average Bonchev–Trinajstić information content (AvgIpc) is 2.38. The van der Waals surface area contributed by atoms with Gasteiger partial charge in [-0.2, -0.15) is 0 Å². The van der Waals surface area contributed by atoms with Crippen molar-refractivity contribution in [3.05, 3.63) is 41.2 Å². The highest BCUT2D eigenvalue weighted by Gasteiger charge is 2.16. The third-order valence-electron chi connectivity index (χ3n) is 2.57. The standard InChI is InChI=1S/C13H15ClN4O/c1-8(2)11-12(18-15)16-7-17-13(11)19-10-5-3-4-9(14)6-10/h3-8H,15H2,1-2H3,(H,16,17,18). The van der Waals surface area contributed by atoms with Gasteiger partial charge in [-0.3, -0.25) is 0 Å². The molecule has 2 rings (SSSR count). The number of aromatic nitrogens is 2. The molecule has 0 saturated heterocycles. The minimum atomic E-state index is 0.168. The van der Waals surface area contributed by atoms with Crippen LogP contribution in [-0.4, -0.2) is 9.97 Å². The number of rotatable bonds is 4. The van der Waals surface area contributed by atoms with Crippen LogP contribution in [0.3, 0.4) is 0 Å². The van der Waals surface area contributed by atoms with E-state index in [-0.39, 0.29) is 5.92 Å². The van der Waals surface area contributed by atoms with Gasteiger partial charge in [-0.1, -0.05) is 31.5 Å². The Kier molecular flexibility index (Phi) is 4.19. The summed E-state index contributed by atoms with van der Waals surface area (Å²) in [4.78, 5) is 8.25. The number of benzene rings is 1. The number of anilines is 1. The maximum atomic E-state index is 5.93. The quantitative estimate of drug-likeness (QED) is 0.663. The summed E-state index contributed by atoms with van der Waals surface area (Å²) in [5.74, 6) is 7.28. The second-order valence-corrected chi connectivity index (χ2v) is 4.74. The average molecular weight is 279 g/mol. The number of nitrogens with two attached hydrogens (primary N) is 1. The molecular weight excluding hydrogens is 264 g/mol. The Morgan fingerprint density at radius 1 is 1.32 bits per heavy atom. The third-order valence-corrected chi connectivity index (χ3v) is 2.81. The molecule has 0 aliphatic carbocycles. The molecule has 0 aliphatic heterocycles. The molecule has 0 spiro atoms. The zero-order chi connectivity index (χ0) is 13.8. The van der Waals surface area contributed by atoms with E-state index in [9.17, 15) is 0 Å². The normalized spacial score (nSPS) is 10.6. The lowest BCUT2D eigenvalue weighted by atomic mass is 10.1. The van der Waals surface area contributed by atoms with Crippen molar-refractivity contribution in [3.8, 4) is 11.6 Å². The van der Waals surface area contributed by atoms with E-state index in [1.165, 1.54) is 6.33 Å². The monoisotopic (exact) mass is 278 g/mol. The van der Waals surface area contributed by atoms with Gasteiger partial charge in [-0.15, -0.1) is 0 Å². The number of hydrogen-bond donors (Lipinski definition) is 2. The molecule has 19 heavy (non-hydrogen) atoms. The van der Waals surface area contributed by atoms with Crippen LogP contribution in [0.1, 0.15) is 25.3 Å². The molecule has 1 heterocycles. The molecular formula is C13H15ClN4O. The van der Waals surface area contributed by atoms with Crippen molar-refractivity contribution in [1.82, 2.24) is 9.97 Å². The lowest BCUT2D eigenvalue weighted by molar-refractivity contribution is 0.452. The number of nitrogen functional groups attached to an aromatic ring is 1. The molecule has 1 aromatic heterocycles. The largest absolute Gasteiger partial charge is 0.438 e. The summed E-state index contributed by atoms with van der Waals surface area (Å²) >= 11 is 5.93. The van der Waals surface area contributed by atoms with Gasteiger partial charge < -0.3 is 10.2 Å². The van der Waals surface area contributed by atoms with Crippen molar-refractivity contribution in [3.63, 3.8) is 0 Å². The second kappa shape index (κ2) is 5.86. The molecule has 0 aliphatic rings. The van der Waals surface area contributed by atoms with E-state index < -0.39 is 0 Å². The minimum absolute atomic E-state index is 0.168. The molecule has 0 saturated carbocycles. The van der Waals surface area contributed by atoms with Crippen molar-refractivity contribution in [2.75, 3.05) is 5.43 Å². The van der Waals surface area contributed by atoms with Crippen molar-refractivity contribution in [2.24, 2.45) is 5.84 Å². The first-order valence-electron chi connectivity index (χ1n) is 5.86. The van der Waals surface area contributed by atoms with E-state index in [2.05, 4.69) is 15.4 Å². The molecule has 0 amide bonds. The van der Waals surface area contributed by atoms with Crippen LogP contribution in [0.25, 0.3) is 0 Å². The smallest absolute Gasteiger partial charge is 0.227 e. The van der Waals surface area contributed by atoms with E-state index >= 15 is 0 Å². The van der Waals surface area contributed by atoms with Gasteiger partial charge in [0.05, 0.1) is 5.56 Å². The number of nitrogens with one attached hydrogen (secondary N) is 1. The van der Waals surface area contributed by atoms with Crippen LogP contribution >= 0.6 is 11.6 Å². The zero-order valence-electron chi connectivity index (χ0n) is 10.7. The van der Waals surface area contributed by atoms with Gasteiger partial charge in [0.2, 0.25) is 5.88 Å². The molecule has 0 atom stereocenters. The topological polar surface area (TPSA) is 73.1 Å². The van der Waals surface area contributed by atoms with Crippen molar-refractivity contribution >= 4 is 17.4 Å². The Labute approximate surface area is 116 Å². The summed E-state index contributed by atoms with van der Waals surface area (Å²) in [5, 5.41) is 0.606. The molecule has 100 valence electrons. The lowest BCUT2D eigenvalue weighted by Crippen LogP contribution is -2.13. The van der Waals surface area contributed by atoms with Crippen LogP contribution in [0.5, 0.6) is 11.6 Å². The Bertz CT molecular complexity index is 574. The summed E-state index contributed by atoms with van der Waals surface area (Å²) in [5.41, 5.74) is 3.38. The van der Waals surface area contributed by atoms with Gasteiger partial charge in [-0.25, -0.2) is 15.8 Å². The van der Waals surface area contributed by atoms with Crippen LogP contribution in [0.2, 0.25) is 5.02 Å². The Hall–Kier alpha value is -1.85. The fraction of sp³-hybridized carbons (Fsp3) is 0.231. The fourth-order valence-electron chi connectivity index (χ4n) is 1.74. The maximum absolute atomic E-state index is 5.93. The number of halogens is 1. The fourth-order valence-corrected chi connectivity index (χ4v) is 1.92. The highest BCUT2D eigenvalue weighted by molar-refractivity contribution is 6.30. The summed E-state index contributed by atoms with van der Waals surface area (Å²) in [7, 11) is 0. The molecule has 1 aromatic carbocycles. The highest BCUT2D eigenvalue weighted by Crippen LogP contribution is 2.32. The molecule has 5 nitrogen and oxygen atoms in total. The second-order valence-electron chi connectivity index (χ2n) is 4.30. The molecule has 6 heteroatoms. The Balaban J connectivity index is 2.39. The molecule has 0 fully saturated rings. The van der Waals surface area contributed by atoms with Crippen LogP contribution in [0.15, 0.2) is 30.6 Å². The summed E-state index contributed by atoms with van der Waals surface area (Å²) in [6.07, 6.45) is 1.40. The van der Waals surface area contributed by atoms with E-state index in [0.717, 1.165) is 5.56 Å². The van der Waals surface area contributed by atoms with E-state index in [4.69, 9.17) is 22.2 Å². The van der Waals surface area contributed by atoms with Gasteiger partial charge in [0.25, 0.3) is 0 Å². The Morgan fingerprint density at radius 2 is 2.11 bits per heavy atom. The molecule has 0 bridgehead atoms. The van der Waals surface area contributed by atoms with E-state index in [1.54, 1.807) is 12.1 Å². The first-order valence-corrected chi connectivity index (χ1v) is 6.24. The third kappa shape index (κ3) is 3.13. The van der Waals surface area contributed by atoms with Crippen molar-refractivity contribution in [1.29, 1.82) is 0 Å². The minimum Gasteiger partial charge on any atom is -0.438 e. The zero-order valence-corrected chi connectivity index (χ0v) is 11.5. The summed E-state index contributed by atoms with van der Waals surface area (Å²) in [6, 6.07) is 7.14. The molecule has 2 aromatic rings. The highest BCUT2D eigenvalue weighted by atomic mass is 35.5. The van der Waals surface area contributed by atoms with Crippen molar-refractivity contribution < 1.29 is 4.74 Å². The van der Waals surface area contributed by atoms with Crippen LogP contribution in [0.4, 0.5) is 5.82 Å². The molecule has 0 radical (unpaired) electrons. The number of nitrogens with zero attached hydrogens (tertiary/aromatic N) is 2. The SMILES string of the molecule is CC(C)c1c(NN)ncnc1Oc1cccc(Cl)c1. The van der Waals surface area contributed by atoms with Crippen molar-refractivity contribution in [2.45, 2.75) is 19.8 Å². The number of hydrogen-bond acceptors (Lipinski definition) is 5. The van der Waals surface area contributed by atoms with Gasteiger partial charge in [-0.05, 0) is 24.1 Å².